The number of benzene rings is 2. The SMILES string of the molecule is C[C@H]1C[C@H]2O[C@]3(CC[C@H]4[C@@H]5CCC6=C[C@@H](O)CC[C@]6(C)[C@H]5CC45CC53C)[C@H](C)[C@@H]2N(Cc2ccc(Oc3ccccc3)cc2)C1. The normalized spacial score (nSPS) is 48.1. The second-order valence-corrected chi connectivity index (χ2v) is 17.2. The Morgan fingerprint density at radius 3 is 2.51 bits per heavy atom. The molecule has 2 unspecified atom stereocenters. The number of rotatable bonds is 4. The van der Waals surface area contributed by atoms with Gasteiger partial charge < -0.3 is 14.6 Å². The molecule has 1 N–H and O–H groups in total. The van der Waals surface area contributed by atoms with E-state index >= 15 is 0 Å². The van der Waals surface area contributed by atoms with Crippen molar-refractivity contribution in [2.45, 2.75) is 116 Å². The Hall–Kier alpha value is -2.14. The third-order valence-corrected chi connectivity index (χ3v) is 15.3. The Kier molecular flexibility index (Phi) is 6.41. The largest absolute Gasteiger partial charge is 0.457 e. The molecule has 45 heavy (non-hydrogen) atoms. The van der Waals surface area contributed by atoms with Crippen molar-refractivity contribution in [2.75, 3.05) is 6.54 Å². The Labute approximate surface area is 270 Å². The molecule has 2 heterocycles. The van der Waals surface area contributed by atoms with Crippen molar-refractivity contribution < 1.29 is 14.6 Å². The second-order valence-electron chi connectivity index (χ2n) is 17.2. The topological polar surface area (TPSA) is 41.9 Å². The van der Waals surface area contributed by atoms with E-state index in [1.54, 1.807) is 5.57 Å². The minimum Gasteiger partial charge on any atom is -0.457 e. The van der Waals surface area contributed by atoms with Crippen LogP contribution in [0.25, 0.3) is 0 Å². The first-order chi connectivity index (χ1) is 21.7. The summed E-state index contributed by atoms with van der Waals surface area (Å²) in [4.78, 5) is 2.80. The maximum absolute atomic E-state index is 10.5. The van der Waals surface area contributed by atoms with Crippen LogP contribution in [0.4, 0.5) is 0 Å². The fourth-order valence-electron chi connectivity index (χ4n) is 13.2. The molecule has 6 fully saturated rings. The highest BCUT2D eigenvalue weighted by Gasteiger charge is 2.84. The maximum atomic E-state index is 10.5. The molecule has 2 aromatic rings. The lowest BCUT2D eigenvalue weighted by Gasteiger charge is -2.50. The molecule has 9 rings (SSSR count). The summed E-state index contributed by atoms with van der Waals surface area (Å²) in [5.41, 5.74) is 4.01. The highest BCUT2D eigenvalue weighted by Crippen LogP contribution is 2.87. The van der Waals surface area contributed by atoms with E-state index in [-0.39, 0.29) is 17.1 Å². The van der Waals surface area contributed by atoms with Gasteiger partial charge in [-0.15, -0.1) is 0 Å². The second kappa shape index (κ2) is 9.94. The molecule has 0 radical (unpaired) electrons. The van der Waals surface area contributed by atoms with Gasteiger partial charge in [-0.25, -0.2) is 0 Å². The van der Waals surface area contributed by atoms with Gasteiger partial charge in [-0.2, -0.15) is 0 Å². The average molecular weight is 608 g/mol. The van der Waals surface area contributed by atoms with Crippen LogP contribution in [0.2, 0.25) is 0 Å². The van der Waals surface area contributed by atoms with Gasteiger partial charge in [0.25, 0.3) is 0 Å². The van der Waals surface area contributed by atoms with Crippen LogP contribution in [0.15, 0.2) is 66.2 Å². The Morgan fingerprint density at radius 1 is 0.933 bits per heavy atom. The quantitative estimate of drug-likeness (QED) is 0.353. The first kappa shape index (κ1) is 29.0. The molecule has 12 atom stereocenters. The van der Waals surface area contributed by atoms with Crippen molar-refractivity contribution in [1.82, 2.24) is 4.90 Å². The number of allylic oxidation sites excluding steroid dienone is 1. The number of nitrogens with zero attached hydrogens (tertiary/aromatic N) is 1. The van der Waals surface area contributed by atoms with Crippen LogP contribution in [0.1, 0.15) is 91.0 Å². The molecule has 4 saturated carbocycles. The van der Waals surface area contributed by atoms with Crippen LogP contribution in [0.3, 0.4) is 0 Å². The summed E-state index contributed by atoms with van der Waals surface area (Å²) in [6.07, 6.45) is 13.6. The highest BCUT2D eigenvalue weighted by atomic mass is 16.5. The third kappa shape index (κ3) is 4.01. The molecule has 5 aliphatic carbocycles. The Bertz CT molecular complexity index is 1490. The molecule has 7 aliphatic rings. The highest BCUT2D eigenvalue weighted by molar-refractivity contribution is 5.37. The van der Waals surface area contributed by atoms with Gasteiger partial charge >= 0.3 is 0 Å². The summed E-state index contributed by atoms with van der Waals surface area (Å²) in [6.45, 7) is 12.4. The van der Waals surface area contributed by atoms with E-state index in [9.17, 15) is 5.11 Å². The van der Waals surface area contributed by atoms with Gasteiger partial charge in [0.2, 0.25) is 0 Å². The smallest absolute Gasteiger partial charge is 0.127 e. The fourth-order valence-corrected chi connectivity index (χ4v) is 13.2. The molecule has 2 saturated heterocycles. The van der Waals surface area contributed by atoms with E-state index in [0.29, 0.717) is 34.8 Å². The molecule has 2 aromatic carbocycles. The lowest BCUT2D eigenvalue weighted by atomic mass is 9.56. The van der Waals surface area contributed by atoms with E-state index in [2.05, 4.69) is 62.9 Å². The van der Waals surface area contributed by atoms with E-state index in [4.69, 9.17) is 9.47 Å². The van der Waals surface area contributed by atoms with Crippen LogP contribution in [0.5, 0.6) is 11.5 Å². The lowest BCUT2D eigenvalue weighted by molar-refractivity contribution is -0.148. The number of likely N-dealkylation sites (tertiary alicyclic amines) is 1. The number of aliphatic hydroxyl groups is 1. The van der Waals surface area contributed by atoms with E-state index in [1.807, 2.05) is 30.3 Å². The van der Waals surface area contributed by atoms with Gasteiger partial charge in [-0.1, -0.05) is 69.7 Å². The van der Waals surface area contributed by atoms with E-state index in [0.717, 1.165) is 48.8 Å². The molecule has 2 spiro atoms. The minimum atomic E-state index is -0.220. The zero-order valence-corrected chi connectivity index (χ0v) is 27.9. The Balaban J connectivity index is 0.965. The lowest BCUT2D eigenvalue weighted by Crippen LogP contribution is -2.54. The van der Waals surface area contributed by atoms with Crippen LogP contribution < -0.4 is 4.74 Å². The first-order valence-electron chi connectivity index (χ1n) is 18.3. The van der Waals surface area contributed by atoms with Gasteiger partial charge in [0, 0.05) is 30.5 Å². The van der Waals surface area contributed by atoms with Crippen LogP contribution in [-0.4, -0.2) is 40.4 Å². The van der Waals surface area contributed by atoms with Crippen molar-refractivity contribution >= 4 is 0 Å². The molecular weight excluding hydrogens is 554 g/mol. The number of fused-ring (bicyclic) bond motifs is 6. The van der Waals surface area contributed by atoms with Gasteiger partial charge in [0.15, 0.2) is 0 Å². The first-order valence-corrected chi connectivity index (χ1v) is 18.3. The summed E-state index contributed by atoms with van der Waals surface area (Å²) in [5, 5.41) is 10.5. The maximum Gasteiger partial charge on any atom is 0.127 e. The Morgan fingerprint density at radius 2 is 1.71 bits per heavy atom. The number of ether oxygens (including phenoxy) is 2. The predicted molar refractivity (Wildman–Crippen MR) is 178 cm³/mol. The number of para-hydroxylation sites is 1. The van der Waals surface area contributed by atoms with Crippen molar-refractivity contribution in [3.63, 3.8) is 0 Å². The van der Waals surface area contributed by atoms with Crippen LogP contribution >= 0.6 is 0 Å². The van der Waals surface area contributed by atoms with Crippen molar-refractivity contribution in [1.29, 1.82) is 0 Å². The summed E-state index contributed by atoms with van der Waals surface area (Å²) in [7, 11) is 0. The van der Waals surface area contributed by atoms with Crippen LogP contribution in [0, 0.1) is 45.8 Å². The van der Waals surface area contributed by atoms with Gasteiger partial charge in [-0.05, 0) is 122 Å². The van der Waals surface area contributed by atoms with E-state index < -0.39 is 0 Å². The molecule has 4 heteroatoms. The summed E-state index contributed by atoms with van der Waals surface area (Å²) in [5.74, 6) is 5.49. The minimum absolute atomic E-state index is 0.00432. The molecule has 0 bridgehead atoms. The summed E-state index contributed by atoms with van der Waals surface area (Å²) < 4.78 is 13.7. The molecular formula is C41H53NO3. The zero-order valence-electron chi connectivity index (χ0n) is 27.9. The van der Waals surface area contributed by atoms with E-state index in [1.165, 1.54) is 56.9 Å². The molecule has 0 amide bonds. The molecule has 240 valence electrons. The summed E-state index contributed by atoms with van der Waals surface area (Å²) in [6, 6.07) is 19.3. The zero-order chi connectivity index (χ0) is 30.8. The standard InChI is InChI=1S/C41H53NO3/c1-26-20-36-37(42(23-26)24-28-10-13-32(14-11-28)44-31-8-6-5-7-9-31)27(2)41(45-36)19-17-34-33-15-12-29-21-30(43)16-18-38(29,3)35(33)22-40(34)25-39(40,41)4/h5-11,13-14,21,26-27,30,33-37,43H,12,15-20,22-25H2,1-4H3/t26-,27+,30-,33-,34-,35-,36+,37-,38-,39?,40?,41+/m0/s1. The fraction of sp³-hybridized carbons (Fsp3) is 0.659. The number of piperidine rings is 1. The monoisotopic (exact) mass is 607 g/mol. The number of hydrogen-bond donors (Lipinski definition) is 1. The van der Waals surface area contributed by atoms with Gasteiger partial charge in [0.1, 0.15) is 11.5 Å². The molecule has 2 aliphatic heterocycles. The third-order valence-electron chi connectivity index (χ3n) is 15.3. The van der Waals surface area contributed by atoms with Gasteiger partial charge in [-0.3, -0.25) is 4.90 Å². The number of hydrogen-bond acceptors (Lipinski definition) is 4. The van der Waals surface area contributed by atoms with Gasteiger partial charge in [0.05, 0.1) is 17.8 Å². The van der Waals surface area contributed by atoms with Crippen molar-refractivity contribution in [3.05, 3.63) is 71.8 Å². The van der Waals surface area contributed by atoms with Crippen LogP contribution in [-0.2, 0) is 11.3 Å². The van der Waals surface area contributed by atoms with Crippen molar-refractivity contribution in [3.8, 4) is 11.5 Å². The summed E-state index contributed by atoms with van der Waals surface area (Å²) >= 11 is 0. The molecule has 0 aromatic heterocycles. The number of aliphatic hydroxyl groups excluding tert-OH is 1. The molecule has 4 nitrogen and oxygen atoms in total. The van der Waals surface area contributed by atoms with Crippen molar-refractivity contribution in [2.24, 2.45) is 45.8 Å². The average Bonchev–Trinajstić information content (AvgIpc) is 3.37. The predicted octanol–water partition coefficient (Wildman–Crippen LogP) is 8.79.